The minimum Gasteiger partial charge on any atom is -0.508 e. The predicted molar refractivity (Wildman–Crippen MR) is 101 cm³/mol. The van der Waals surface area contributed by atoms with Gasteiger partial charge in [0.25, 0.3) is 5.91 Å². The van der Waals surface area contributed by atoms with E-state index < -0.39 is 24.4 Å². The third-order valence-corrected chi connectivity index (χ3v) is 4.20. The fraction of sp³-hybridized carbons (Fsp3) is 0.0556. The highest BCUT2D eigenvalue weighted by Crippen LogP contribution is 2.25. The molecule has 27 heavy (non-hydrogen) atoms. The van der Waals surface area contributed by atoms with E-state index in [4.69, 9.17) is 0 Å². The molecule has 0 bridgehead atoms. The van der Waals surface area contributed by atoms with Gasteiger partial charge in [0.1, 0.15) is 23.7 Å². The number of imide groups is 1. The number of nitrogens with zero attached hydrogens (tertiary/aromatic N) is 1. The maximum atomic E-state index is 12.4. The van der Waals surface area contributed by atoms with Crippen LogP contribution in [0.15, 0.2) is 52.6 Å². The zero-order valence-electron chi connectivity index (χ0n) is 13.8. The predicted octanol–water partition coefficient (Wildman–Crippen LogP) is 2.39. The molecule has 1 saturated heterocycles. The van der Waals surface area contributed by atoms with Gasteiger partial charge in [-0.1, -0.05) is 15.9 Å². The molecule has 2 aromatic carbocycles. The van der Waals surface area contributed by atoms with Gasteiger partial charge in [-0.2, -0.15) is 0 Å². The number of amides is 4. The van der Waals surface area contributed by atoms with Gasteiger partial charge in [0.15, 0.2) is 0 Å². The molecule has 1 heterocycles. The zero-order chi connectivity index (χ0) is 19.6. The Kier molecular flexibility index (Phi) is 5.13. The molecule has 0 radical (unpaired) electrons. The smallest absolute Gasteiger partial charge is 0.329 e. The van der Waals surface area contributed by atoms with E-state index in [1.807, 2.05) is 0 Å². The summed E-state index contributed by atoms with van der Waals surface area (Å²) < 4.78 is 0.689. The molecule has 4 N–H and O–H groups in total. The molecule has 2 aromatic rings. The van der Waals surface area contributed by atoms with Crippen molar-refractivity contribution < 1.29 is 24.6 Å². The lowest BCUT2D eigenvalue weighted by atomic mass is 10.1. The summed E-state index contributed by atoms with van der Waals surface area (Å²) in [6.07, 6.45) is 1.33. The van der Waals surface area contributed by atoms with Gasteiger partial charge in [-0.15, -0.1) is 0 Å². The molecule has 9 heteroatoms. The van der Waals surface area contributed by atoms with Crippen LogP contribution in [0.4, 0.5) is 10.5 Å². The highest BCUT2D eigenvalue weighted by Gasteiger charge is 2.35. The monoisotopic (exact) mass is 431 g/mol. The van der Waals surface area contributed by atoms with E-state index in [0.29, 0.717) is 15.7 Å². The summed E-state index contributed by atoms with van der Waals surface area (Å²) in [6, 6.07) is 9.70. The van der Waals surface area contributed by atoms with Crippen LogP contribution >= 0.6 is 15.9 Å². The van der Waals surface area contributed by atoms with Crippen molar-refractivity contribution in [1.82, 2.24) is 10.2 Å². The Bertz CT molecular complexity index is 956. The lowest BCUT2D eigenvalue weighted by molar-refractivity contribution is -0.127. The first-order chi connectivity index (χ1) is 12.8. The van der Waals surface area contributed by atoms with Gasteiger partial charge in [-0.05, 0) is 48.5 Å². The normalized spacial score (nSPS) is 15.1. The third kappa shape index (κ3) is 4.26. The minimum atomic E-state index is -0.735. The quantitative estimate of drug-likeness (QED) is 0.336. The summed E-state index contributed by atoms with van der Waals surface area (Å²) in [7, 11) is 0. The number of hydrogen-bond acceptors (Lipinski definition) is 5. The Morgan fingerprint density at radius 2 is 1.85 bits per heavy atom. The number of phenolic OH excluding ortho intramolecular Hbond substituents is 2. The molecular formula is C18H14BrN3O5. The molecule has 4 amide bonds. The number of carbonyl (C=O) groups excluding carboxylic acids is 3. The highest BCUT2D eigenvalue weighted by atomic mass is 79.9. The Morgan fingerprint density at radius 3 is 2.56 bits per heavy atom. The molecule has 3 rings (SSSR count). The topological polar surface area (TPSA) is 119 Å². The van der Waals surface area contributed by atoms with Crippen molar-refractivity contribution >= 4 is 45.5 Å². The van der Waals surface area contributed by atoms with E-state index in [-0.39, 0.29) is 17.2 Å². The van der Waals surface area contributed by atoms with Gasteiger partial charge in [-0.25, -0.2) is 9.69 Å². The van der Waals surface area contributed by atoms with E-state index in [1.165, 1.54) is 36.4 Å². The number of phenols is 2. The number of urea groups is 1. The molecule has 0 saturated carbocycles. The van der Waals surface area contributed by atoms with Gasteiger partial charge >= 0.3 is 6.03 Å². The van der Waals surface area contributed by atoms with Crippen LogP contribution in [-0.4, -0.2) is 39.5 Å². The second-order valence-electron chi connectivity index (χ2n) is 5.68. The van der Waals surface area contributed by atoms with Crippen molar-refractivity contribution in [2.75, 3.05) is 11.9 Å². The summed E-state index contributed by atoms with van der Waals surface area (Å²) in [5.74, 6) is -1.26. The van der Waals surface area contributed by atoms with Crippen LogP contribution in [0.1, 0.15) is 5.56 Å². The van der Waals surface area contributed by atoms with E-state index in [0.717, 1.165) is 4.90 Å². The van der Waals surface area contributed by atoms with Crippen molar-refractivity contribution in [1.29, 1.82) is 0 Å². The second kappa shape index (κ2) is 7.50. The minimum absolute atomic E-state index is 0.0488. The van der Waals surface area contributed by atoms with Crippen LogP contribution < -0.4 is 10.6 Å². The van der Waals surface area contributed by atoms with Crippen LogP contribution in [0, 0.1) is 0 Å². The Morgan fingerprint density at radius 1 is 1.15 bits per heavy atom. The maximum absolute atomic E-state index is 12.4. The number of hydrogen-bond donors (Lipinski definition) is 4. The van der Waals surface area contributed by atoms with E-state index in [2.05, 4.69) is 26.6 Å². The van der Waals surface area contributed by atoms with E-state index in [1.54, 1.807) is 12.1 Å². The SMILES string of the molecule is O=C(CN1C(=O)N/C(=C\c2cc(Br)ccc2O)C1=O)Nc1ccc(O)cc1. The first-order valence-corrected chi connectivity index (χ1v) is 8.55. The number of halogens is 1. The summed E-state index contributed by atoms with van der Waals surface area (Å²) in [5.41, 5.74) is 0.703. The lowest BCUT2D eigenvalue weighted by Gasteiger charge is -2.12. The van der Waals surface area contributed by atoms with Gasteiger partial charge in [0.2, 0.25) is 5.91 Å². The first-order valence-electron chi connectivity index (χ1n) is 7.75. The number of aromatic hydroxyl groups is 2. The Labute approximate surface area is 162 Å². The van der Waals surface area contributed by atoms with Crippen molar-refractivity contribution in [3.63, 3.8) is 0 Å². The van der Waals surface area contributed by atoms with Crippen LogP contribution in [0.3, 0.4) is 0 Å². The maximum Gasteiger partial charge on any atom is 0.329 e. The summed E-state index contributed by atoms with van der Waals surface area (Å²) in [4.78, 5) is 37.3. The largest absolute Gasteiger partial charge is 0.508 e. The van der Waals surface area contributed by atoms with Gasteiger partial charge in [0.05, 0.1) is 0 Å². The fourth-order valence-electron chi connectivity index (χ4n) is 2.40. The number of nitrogens with one attached hydrogen (secondary N) is 2. The van der Waals surface area contributed by atoms with Crippen molar-refractivity contribution in [2.24, 2.45) is 0 Å². The van der Waals surface area contributed by atoms with Crippen LogP contribution in [0.5, 0.6) is 11.5 Å². The van der Waals surface area contributed by atoms with Crippen LogP contribution in [-0.2, 0) is 9.59 Å². The summed E-state index contributed by atoms with van der Waals surface area (Å²) in [5, 5.41) is 24.0. The third-order valence-electron chi connectivity index (χ3n) is 3.70. The van der Waals surface area contributed by atoms with Crippen molar-refractivity contribution in [3.05, 3.63) is 58.2 Å². The average molecular weight is 432 g/mol. The molecule has 0 spiro atoms. The van der Waals surface area contributed by atoms with E-state index in [9.17, 15) is 24.6 Å². The van der Waals surface area contributed by atoms with Gasteiger partial charge < -0.3 is 20.8 Å². The molecule has 1 aliphatic heterocycles. The van der Waals surface area contributed by atoms with Gasteiger partial charge in [-0.3, -0.25) is 9.59 Å². The molecule has 1 aliphatic rings. The molecule has 0 atom stereocenters. The molecule has 0 aromatic heterocycles. The highest BCUT2D eigenvalue weighted by molar-refractivity contribution is 9.10. The van der Waals surface area contributed by atoms with Gasteiger partial charge in [0, 0.05) is 15.7 Å². The first kappa shape index (κ1) is 18.5. The summed E-state index contributed by atoms with van der Waals surface area (Å²) in [6.45, 7) is -0.479. The van der Waals surface area contributed by atoms with Crippen molar-refractivity contribution in [2.45, 2.75) is 0 Å². The van der Waals surface area contributed by atoms with E-state index >= 15 is 0 Å². The molecule has 0 unspecified atom stereocenters. The Hall–Kier alpha value is -3.33. The second-order valence-corrected chi connectivity index (χ2v) is 6.59. The molecular weight excluding hydrogens is 418 g/mol. The molecule has 138 valence electrons. The molecule has 0 aliphatic carbocycles. The lowest BCUT2D eigenvalue weighted by Crippen LogP contribution is -2.38. The number of anilines is 1. The molecule has 8 nitrogen and oxygen atoms in total. The van der Waals surface area contributed by atoms with Crippen LogP contribution in [0.2, 0.25) is 0 Å². The summed E-state index contributed by atoms with van der Waals surface area (Å²) >= 11 is 3.26. The zero-order valence-corrected chi connectivity index (χ0v) is 15.4. The fourth-order valence-corrected chi connectivity index (χ4v) is 2.78. The number of carbonyl (C=O) groups is 3. The standard InChI is InChI=1S/C18H14BrN3O5/c19-11-1-6-15(24)10(7-11)8-14-17(26)22(18(27)21-14)9-16(25)20-12-2-4-13(23)5-3-12/h1-8,23-24H,9H2,(H,20,25)(H,21,27)/b14-8-. The number of rotatable bonds is 4. The van der Waals surface area contributed by atoms with Crippen LogP contribution in [0.25, 0.3) is 6.08 Å². The average Bonchev–Trinajstić information content (AvgIpc) is 2.87. The Balaban J connectivity index is 1.72. The molecule has 1 fully saturated rings. The van der Waals surface area contributed by atoms with Crippen molar-refractivity contribution in [3.8, 4) is 11.5 Å². The number of benzene rings is 2.